The zero-order valence-corrected chi connectivity index (χ0v) is 12.7. The predicted molar refractivity (Wildman–Crippen MR) is 87.2 cm³/mol. The summed E-state index contributed by atoms with van der Waals surface area (Å²) in [6.45, 7) is -0.0407. The predicted octanol–water partition coefficient (Wildman–Crippen LogP) is 3.29. The van der Waals surface area contributed by atoms with E-state index >= 15 is 0 Å². The summed E-state index contributed by atoms with van der Waals surface area (Å²) < 4.78 is 14.8. The van der Waals surface area contributed by atoms with E-state index in [1.165, 1.54) is 12.1 Å². The maximum Gasteiger partial charge on any atom is 0.294 e. The van der Waals surface area contributed by atoms with Gasteiger partial charge in [-0.05, 0) is 54.2 Å². The molecule has 23 heavy (non-hydrogen) atoms. The van der Waals surface area contributed by atoms with E-state index in [4.69, 9.17) is 6.42 Å². The number of imide groups is 1. The highest BCUT2D eigenvalue weighted by Crippen LogP contribution is 2.32. The minimum atomic E-state index is -0.398. The lowest BCUT2D eigenvalue weighted by molar-refractivity contribution is -0.122. The van der Waals surface area contributed by atoms with Crippen LogP contribution in [0.4, 0.5) is 9.18 Å². The number of carbonyl (C=O) groups excluding carboxylic acids is 2. The van der Waals surface area contributed by atoms with Crippen molar-refractivity contribution in [3.8, 4) is 18.0 Å². The standard InChI is InChI=1S/C17H11FN2O2S/c1-2-9-20-16(21)15(23-17(20)22)11-14-4-3-10-19(14)13-7-5-12(18)6-8-13/h1,3-8,10-11H,9H2/b15-11-. The second-order valence-corrected chi connectivity index (χ2v) is 5.74. The second kappa shape index (κ2) is 6.15. The van der Waals surface area contributed by atoms with Crippen molar-refractivity contribution >= 4 is 29.0 Å². The molecule has 1 aliphatic rings. The molecule has 0 aliphatic carbocycles. The third-order valence-electron chi connectivity index (χ3n) is 3.29. The molecule has 3 rings (SSSR count). The molecule has 1 fully saturated rings. The van der Waals surface area contributed by atoms with Gasteiger partial charge in [0.15, 0.2) is 0 Å². The number of hydrogen-bond donors (Lipinski definition) is 0. The van der Waals surface area contributed by atoms with E-state index in [0.717, 1.165) is 22.3 Å². The summed E-state index contributed by atoms with van der Waals surface area (Å²) in [4.78, 5) is 25.3. The number of hydrogen-bond acceptors (Lipinski definition) is 3. The largest absolute Gasteiger partial charge is 0.317 e. The Bertz CT molecular complexity index is 846. The molecular weight excluding hydrogens is 315 g/mol. The van der Waals surface area contributed by atoms with Crippen LogP contribution in [0, 0.1) is 18.2 Å². The highest BCUT2D eigenvalue weighted by molar-refractivity contribution is 8.18. The average molecular weight is 326 g/mol. The van der Waals surface area contributed by atoms with Gasteiger partial charge in [0.05, 0.1) is 11.4 Å². The smallest absolute Gasteiger partial charge is 0.294 e. The molecular formula is C17H11FN2O2S. The summed E-state index contributed by atoms with van der Waals surface area (Å²) in [6, 6.07) is 9.60. The number of carbonyl (C=O) groups is 2. The average Bonchev–Trinajstić information content (AvgIpc) is 3.09. The normalized spacial score (nSPS) is 16.2. The molecule has 0 spiro atoms. The Hall–Kier alpha value is -2.78. The van der Waals surface area contributed by atoms with E-state index in [-0.39, 0.29) is 17.6 Å². The Morgan fingerprint density at radius 3 is 2.65 bits per heavy atom. The van der Waals surface area contributed by atoms with E-state index in [9.17, 15) is 14.0 Å². The molecule has 0 radical (unpaired) electrons. The van der Waals surface area contributed by atoms with E-state index in [1.54, 1.807) is 41.1 Å². The van der Waals surface area contributed by atoms with Crippen molar-refractivity contribution in [3.63, 3.8) is 0 Å². The third kappa shape index (κ3) is 2.91. The van der Waals surface area contributed by atoms with Crippen LogP contribution in [0.25, 0.3) is 11.8 Å². The number of benzene rings is 1. The summed E-state index contributed by atoms with van der Waals surface area (Å²) in [5.41, 5.74) is 1.47. The molecule has 1 saturated heterocycles. The molecule has 1 aromatic carbocycles. The fourth-order valence-corrected chi connectivity index (χ4v) is 3.03. The quantitative estimate of drug-likeness (QED) is 0.642. The van der Waals surface area contributed by atoms with E-state index in [2.05, 4.69) is 5.92 Å². The van der Waals surface area contributed by atoms with Crippen LogP contribution in [0.5, 0.6) is 0 Å². The zero-order valence-electron chi connectivity index (χ0n) is 11.9. The molecule has 0 unspecified atom stereocenters. The molecule has 0 atom stereocenters. The minimum absolute atomic E-state index is 0.0407. The fraction of sp³-hybridized carbons (Fsp3) is 0.0588. The summed E-state index contributed by atoms with van der Waals surface area (Å²) in [6.07, 6.45) is 8.59. The monoisotopic (exact) mass is 326 g/mol. The van der Waals surface area contributed by atoms with E-state index in [0.29, 0.717) is 10.6 Å². The number of nitrogens with zero attached hydrogens (tertiary/aromatic N) is 2. The zero-order chi connectivity index (χ0) is 16.4. The fourth-order valence-electron chi connectivity index (χ4n) is 2.21. The summed E-state index contributed by atoms with van der Waals surface area (Å²) >= 11 is 0.856. The maximum absolute atomic E-state index is 13.0. The topological polar surface area (TPSA) is 42.3 Å². The van der Waals surface area contributed by atoms with Crippen LogP contribution in [-0.2, 0) is 4.79 Å². The first-order valence-corrected chi connectivity index (χ1v) is 7.54. The molecule has 0 bridgehead atoms. The number of thioether (sulfide) groups is 1. The lowest BCUT2D eigenvalue weighted by atomic mass is 10.3. The van der Waals surface area contributed by atoms with Crippen LogP contribution in [0.3, 0.4) is 0 Å². The van der Waals surface area contributed by atoms with Crippen molar-refractivity contribution in [2.24, 2.45) is 0 Å². The van der Waals surface area contributed by atoms with Gasteiger partial charge in [-0.25, -0.2) is 4.39 Å². The van der Waals surface area contributed by atoms with Gasteiger partial charge in [0.1, 0.15) is 5.82 Å². The number of terminal acetylenes is 1. The SMILES string of the molecule is C#CCN1C(=O)S/C(=C\c2cccn2-c2ccc(F)cc2)C1=O. The molecule has 2 heterocycles. The molecule has 0 saturated carbocycles. The van der Waals surface area contributed by atoms with Crippen molar-refractivity contribution in [1.82, 2.24) is 9.47 Å². The Kier molecular flexibility index (Phi) is 4.04. The molecule has 1 aliphatic heterocycles. The van der Waals surface area contributed by atoms with Gasteiger partial charge in [-0.2, -0.15) is 0 Å². The third-order valence-corrected chi connectivity index (χ3v) is 4.19. The van der Waals surface area contributed by atoms with Crippen molar-refractivity contribution in [2.45, 2.75) is 0 Å². The molecule has 2 aromatic rings. The minimum Gasteiger partial charge on any atom is -0.317 e. The lowest BCUT2D eigenvalue weighted by Crippen LogP contribution is -2.28. The lowest BCUT2D eigenvalue weighted by Gasteiger charge is -2.08. The Morgan fingerprint density at radius 2 is 1.96 bits per heavy atom. The van der Waals surface area contributed by atoms with Crippen LogP contribution >= 0.6 is 11.8 Å². The molecule has 2 amide bonds. The first kappa shape index (κ1) is 15.1. The van der Waals surface area contributed by atoms with Crippen LogP contribution < -0.4 is 0 Å². The van der Waals surface area contributed by atoms with Crippen LogP contribution in [0.2, 0.25) is 0 Å². The van der Waals surface area contributed by atoms with Gasteiger partial charge in [-0.1, -0.05) is 5.92 Å². The van der Waals surface area contributed by atoms with Gasteiger partial charge in [-0.15, -0.1) is 6.42 Å². The number of amides is 2. The molecule has 0 N–H and O–H groups in total. The van der Waals surface area contributed by atoms with Gasteiger partial charge in [0, 0.05) is 17.6 Å². The molecule has 4 nitrogen and oxygen atoms in total. The number of rotatable bonds is 3. The maximum atomic E-state index is 13.0. The van der Waals surface area contributed by atoms with Gasteiger partial charge >= 0.3 is 0 Å². The van der Waals surface area contributed by atoms with Crippen LogP contribution in [0.1, 0.15) is 5.69 Å². The van der Waals surface area contributed by atoms with Crippen molar-refractivity contribution in [2.75, 3.05) is 6.54 Å². The summed E-state index contributed by atoms with van der Waals surface area (Å²) in [7, 11) is 0. The van der Waals surface area contributed by atoms with E-state index in [1.807, 2.05) is 0 Å². The first-order chi connectivity index (χ1) is 11.1. The van der Waals surface area contributed by atoms with Gasteiger partial charge < -0.3 is 4.57 Å². The van der Waals surface area contributed by atoms with Crippen molar-refractivity contribution < 1.29 is 14.0 Å². The Morgan fingerprint density at radius 1 is 1.22 bits per heavy atom. The van der Waals surface area contributed by atoms with Gasteiger partial charge in [0.25, 0.3) is 11.1 Å². The summed E-state index contributed by atoms with van der Waals surface area (Å²) in [5.74, 6) is 1.58. The highest BCUT2D eigenvalue weighted by atomic mass is 32.2. The van der Waals surface area contributed by atoms with Crippen molar-refractivity contribution in [1.29, 1.82) is 0 Å². The Balaban J connectivity index is 1.94. The molecule has 6 heteroatoms. The highest BCUT2D eigenvalue weighted by Gasteiger charge is 2.34. The number of halogens is 1. The molecule has 114 valence electrons. The van der Waals surface area contributed by atoms with Crippen LogP contribution in [0.15, 0.2) is 47.5 Å². The van der Waals surface area contributed by atoms with E-state index < -0.39 is 5.91 Å². The Labute approximate surface area is 136 Å². The second-order valence-electron chi connectivity index (χ2n) is 4.75. The van der Waals surface area contributed by atoms with Gasteiger partial charge in [0.2, 0.25) is 0 Å². The van der Waals surface area contributed by atoms with Crippen LogP contribution in [-0.4, -0.2) is 27.2 Å². The summed E-state index contributed by atoms with van der Waals surface area (Å²) in [5, 5.41) is -0.376. The van der Waals surface area contributed by atoms with Gasteiger partial charge in [-0.3, -0.25) is 14.5 Å². The molecule has 1 aromatic heterocycles. The van der Waals surface area contributed by atoms with Crippen molar-refractivity contribution in [3.05, 3.63) is 59.0 Å². The number of aromatic nitrogens is 1. The first-order valence-electron chi connectivity index (χ1n) is 6.72.